The molecule has 1 aromatic rings. The van der Waals surface area contributed by atoms with Gasteiger partial charge >= 0.3 is 0 Å². The Bertz CT molecular complexity index is 329. The minimum atomic E-state index is 0.961. The van der Waals surface area contributed by atoms with Gasteiger partial charge in [0.25, 0.3) is 0 Å². The summed E-state index contributed by atoms with van der Waals surface area (Å²) in [7, 11) is 2.08. The van der Waals surface area contributed by atoms with Gasteiger partial charge in [-0.2, -0.15) is 0 Å². The molecule has 2 atom stereocenters. The highest BCUT2D eigenvalue weighted by atomic mass is 14.9. The van der Waals surface area contributed by atoms with Crippen LogP contribution in [0.25, 0.3) is 0 Å². The molecular formula is C15H26N2. The quantitative estimate of drug-likeness (QED) is 0.773. The number of aromatic nitrogens is 1. The summed E-state index contributed by atoms with van der Waals surface area (Å²) in [6.45, 7) is 4.60. The predicted molar refractivity (Wildman–Crippen MR) is 72.9 cm³/mol. The molecule has 0 spiro atoms. The normalized spacial score (nSPS) is 25.1. The first-order valence-electron chi connectivity index (χ1n) is 7.05. The van der Waals surface area contributed by atoms with Crippen molar-refractivity contribution >= 4 is 0 Å². The first-order chi connectivity index (χ1) is 8.24. The molecular weight excluding hydrogens is 208 g/mol. The first kappa shape index (κ1) is 12.7. The number of hydrogen-bond donors (Lipinski definition) is 1. The molecule has 1 aliphatic rings. The van der Waals surface area contributed by atoms with E-state index < -0.39 is 0 Å². The molecule has 0 aromatic carbocycles. The van der Waals surface area contributed by atoms with Gasteiger partial charge in [0.2, 0.25) is 0 Å². The summed E-state index contributed by atoms with van der Waals surface area (Å²) in [5.74, 6) is 1.94. The zero-order valence-electron chi connectivity index (χ0n) is 11.3. The van der Waals surface area contributed by atoms with Gasteiger partial charge in [-0.25, -0.2) is 0 Å². The monoisotopic (exact) mass is 234 g/mol. The molecule has 0 bridgehead atoms. The molecule has 17 heavy (non-hydrogen) atoms. The fourth-order valence-electron chi connectivity index (χ4n) is 3.03. The average Bonchev–Trinajstić information content (AvgIpc) is 2.71. The van der Waals surface area contributed by atoms with Gasteiger partial charge in [0, 0.05) is 26.0 Å². The maximum Gasteiger partial charge on any atom is 0.0220 e. The molecule has 0 saturated heterocycles. The van der Waals surface area contributed by atoms with Gasteiger partial charge in [-0.05, 0) is 42.9 Å². The van der Waals surface area contributed by atoms with E-state index in [4.69, 9.17) is 0 Å². The Morgan fingerprint density at radius 3 is 3.00 bits per heavy atom. The van der Waals surface area contributed by atoms with Crippen molar-refractivity contribution in [2.75, 3.05) is 6.54 Å². The molecule has 1 heterocycles. The molecule has 96 valence electrons. The summed E-state index contributed by atoms with van der Waals surface area (Å²) in [5, 5.41) is 3.56. The summed E-state index contributed by atoms with van der Waals surface area (Å²) in [4.78, 5) is 0. The predicted octanol–water partition coefficient (Wildman–Crippen LogP) is 3.33. The van der Waals surface area contributed by atoms with Crippen LogP contribution in [-0.2, 0) is 13.6 Å². The van der Waals surface area contributed by atoms with E-state index in [0.717, 1.165) is 18.4 Å². The van der Waals surface area contributed by atoms with Crippen LogP contribution in [-0.4, -0.2) is 11.1 Å². The maximum atomic E-state index is 3.56. The van der Waals surface area contributed by atoms with Crippen molar-refractivity contribution in [2.24, 2.45) is 18.9 Å². The minimum Gasteiger partial charge on any atom is -0.357 e. The smallest absolute Gasteiger partial charge is 0.0220 e. The van der Waals surface area contributed by atoms with E-state index in [0.29, 0.717) is 0 Å². The van der Waals surface area contributed by atoms with Gasteiger partial charge in [0.05, 0.1) is 0 Å². The average molecular weight is 234 g/mol. The Balaban J connectivity index is 1.59. The van der Waals surface area contributed by atoms with Gasteiger partial charge < -0.3 is 9.88 Å². The molecule has 2 heteroatoms. The molecule has 2 unspecified atom stereocenters. The van der Waals surface area contributed by atoms with Crippen LogP contribution in [0.4, 0.5) is 0 Å². The van der Waals surface area contributed by atoms with E-state index in [2.05, 4.69) is 42.3 Å². The van der Waals surface area contributed by atoms with Gasteiger partial charge in [-0.15, -0.1) is 0 Å². The zero-order valence-corrected chi connectivity index (χ0v) is 11.3. The molecule has 0 radical (unpaired) electrons. The van der Waals surface area contributed by atoms with Crippen LogP contribution >= 0.6 is 0 Å². The van der Waals surface area contributed by atoms with E-state index in [9.17, 15) is 0 Å². The van der Waals surface area contributed by atoms with Crippen LogP contribution < -0.4 is 5.32 Å². The minimum absolute atomic E-state index is 0.961. The van der Waals surface area contributed by atoms with E-state index >= 15 is 0 Å². The Morgan fingerprint density at radius 1 is 1.41 bits per heavy atom. The van der Waals surface area contributed by atoms with E-state index in [1.54, 1.807) is 0 Å². The van der Waals surface area contributed by atoms with Crippen LogP contribution in [0.15, 0.2) is 18.5 Å². The van der Waals surface area contributed by atoms with Crippen LogP contribution in [0, 0.1) is 11.8 Å². The number of rotatable bonds is 5. The maximum absolute atomic E-state index is 3.56. The molecule has 1 N–H and O–H groups in total. The lowest BCUT2D eigenvalue weighted by Gasteiger charge is -2.26. The van der Waals surface area contributed by atoms with Gasteiger partial charge in [0.15, 0.2) is 0 Å². The fourth-order valence-corrected chi connectivity index (χ4v) is 3.03. The summed E-state index contributed by atoms with van der Waals surface area (Å²) in [6, 6.07) is 2.19. The van der Waals surface area contributed by atoms with Gasteiger partial charge in [0.1, 0.15) is 0 Å². The van der Waals surface area contributed by atoms with Crippen molar-refractivity contribution in [3.05, 3.63) is 24.0 Å². The topological polar surface area (TPSA) is 17.0 Å². The highest BCUT2D eigenvalue weighted by Gasteiger charge is 2.17. The largest absolute Gasteiger partial charge is 0.357 e. The number of nitrogens with zero attached hydrogens (tertiary/aromatic N) is 1. The van der Waals surface area contributed by atoms with Crippen molar-refractivity contribution < 1.29 is 0 Å². The summed E-state index contributed by atoms with van der Waals surface area (Å²) in [5.41, 5.74) is 1.39. The van der Waals surface area contributed by atoms with Crippen molar-refractivity contribution in [1.82, 2.24) is 9.88 Å². The zero-order chi connectivity index (χ0) is 12.1. The molecule has 2 rings (SSSR count). The Hall–Kier alpha value is -0.760. The first-order valence-corrected chi connectivity index (χ1v) is 7.05. The van der Waals surface area contributed by atoms with Crippen molar-refractivity contribution in [3.63, 3.8) is 0 Å². The summed E-state index contributed by atoms with van der Waals surface area (Å²) >= 11 is 0. The SMILES string of the molecule is CC1CCCC(CCNCc2ccn(C)c2)C1. The lowest BCUT2D eigenvalue weighted by molar-refractivity contribution is 0.267. The lowest BCUT2D eigenvalue weighted by Crippen LogP contribution is -2.20. The van der Waals surface area contributed by atoms with Crippen LogP contribution in [0.2, 0.25) is 0 Å². The molecule has 1 aliphatic carbocycles. The van der Waals surface area contributed by atoms with E-state index in [1.807, 2.05) is 0 Å². The fraction of sp³-hybridized carbons (Fsp3) is 0.733. The second-order valence-corrected chi connectivity index (χ2v) is 5.79. The molecule has 1 saturated carbocycles. The molecule has 1 aromatic heterocycles. The van der Waals surface area contributed by atoms with Crippen LogP contribution in [0.1, 0.15) is 44.6 Å². The molecule has 0 aliphatic heterocycles. The van der Waals surface area contributed by atoms with Gasteiger partial charge in [-0.1, -0.05) is 26.2 Å². The number of nitrogens with one attached hydrogen (secondary N) is 1. The Labute approximate surface area is 105 Å². The Kier molecular flexibility index (Phi) is 4.66. The standard InChI is InChI=1S/C15H26N2/c1-13-4-3-5-14(10-13)6-8-16-11-15-7-9-17(2)12-15/h7,9,12-14,16H,3-6,8,10-11H2,1-2H3. The second kappa shape index (κ2) is 6.25. The third-order valence-corrected chi connectivity index (χ3v) is 4.00. The van der Waals surface area contributed by atoms with E-state index in [-0.39, 0.29) is 0 Å². The molecule has 0 amide bonds. The van der Waals surface area contributed by atoms with Crippen molar-refractivity contribution in [3.8, 4) is 0 Å². The highest BCUT2D eigenvalue weighted by molar-refractivity contribution is 5.09. The second-order valence-electron chi connectivity index (χ2n) is 5.79. The Morgan fingerprint density at radius 2 is 2.29 bits per heavy atom. The van der Waals surface area contributed by atoms with Crippen molar-refractivity contribution in [1.29, 1.82) is 0 Å². The van der Waals surface area contributed by atoms with Gasteiger partial charge in [-0.3, -0.25) is 0 Å². The lowest BCUT2D eigenvalue weighted by atomic mass is 9.81. The molecule has 2 nitrogen and oxygen atoms in total. The summed E-state index contributed by atoms with van der Waals surface area (Å²) in [6.07, 6.45) is 11.5. The van der Waals surface area contributed by atoms with Crippen molar-refractivity contribution in [2.45, 2.75) is 45.6 Å². The third kappa shape index (κ3) is 4.19. The van der Waals surface area contributed by atoms with E-state index in [1.165, 1.54) is 44.2 Å². The highest BCUT2D eigenvalue weighted by Crippen LogP contribution is 2.30. The molecule has 1 fully saturated rings. The summed E-state index contributed by atoms with van der Waals surface area (Å²) < 4.78 is 2.11. The van der Waals surface area contributed by atoms with Crippen LogP contribution in [0.3, 0.4) is 0 Å². The number of aryl methyl sites for hydroxylation is 1. The number of hydrogen-bond acceptors (Lipinski definition) is 1. The third-order valence-electron chi connectivity index (χ3n) is 4.00. The van der Waals surface area contributed by atoms with Crippen LogP contribution in [0.5, 0.6) is 0 Å².